The molecule has 0 saturated carbocycles. The molecule has 1 aromatic rings. The van der Waals surface area contributed by atoms with Crippen LogP contribution in [0.15, 0.2) is 18.2 Å². The van der Waals surface area contributed by atoms with Crippen molar-refractivity contribution < 1.29 is 0 Å². The number of benzene rings is 1. The summed E-state index contributed by atoms with van der Waals surface area (Å²) in [5.74, 6) is 0. The fourth-order valence-corrected chi connectivity index (χ4v) is 2.72. The zero-order valence-corrected chi connectivity index (χ0v) is 14.2. The van der Waals surface area contributed by atoms with Crippen molar-refractivity contribution in [3.63, 3.8) is 0 Å². The Morgan fingerprint density at radius 2 is 1.65 bits per heavy atom. The van der Waals surface area contributed by atoms with Crippen molar-refractivity contribution in [2.45, 2.75) is 66.7 Å². The van der Waals surface area contributed by atoms with Gasteiger partial charge in [0.05, 0.1) is 0 Å². The van der Waals surface area contributed by atoms with Gasteiger partial charge >= 0.3 is 0 Å². The number of hydrogen-bond donors (Lipinski definition) is 1. The molecule has 0 aromatic heterocycles. The highest BCUT2D eigenvalue weighted by molar-refractivity contribution is 5.32. The largest absolute Gasteiger partial charge is 0.317 e. The molecular formula is C19H33N. The van der Waals surface area contributed by atoms with Gasteiger partial charge in [-0.25, -0.2) is 0 Å². The van der Waals surface area contributed by atoms with E-state index in [1.165, 1.54) is 36.0 Å². The molecule has 114 valence electrons. The first kappa shape index (κ1) is 17.2. The van der Waals surface area contributed by atoms with Crippen molar-refractivity contribution in [1.29, 1.82) is 0 Å². The summed E-state index contributed by atoms with van der Waals surface area (Å²) >= 11 is 0. The van der Waals surface area contributed by atoms with Crippen LogP contribution in [-0.2, 0) is 19.3 Å². The molecule has 1 nitrogen and oxygen atoms in total. The smallest absolute Gasteiger partial charge is 0.00439 e. The maximum atomic E-state index is 3.44. The van der Waals surface area contributed by atoms with Crippen LogP contribution in [0, 0.1) is 5.41 Å². The monoisotopic (exact) mass is 275 g/mol. The molecule has 0 saturated heterocycles. The Bertz CT molecular complexity index is 393. The Balaban J connectivity index is 2.56. The van der Waals surface area contributed by atoms with Crippen molar-refractivity contribution in [3.8, 4) is 0 Å². The van der Waals surface area contributed by atoms with E-state index in [0.717, 1.165) is 25.9 Å². The van der Waals surface area contributed by atoms with Crippen LogP contribution in [0.4, 0.5) is 0 Å². The second-order valence-corrected chi connectivity index (χ2v) is 6.58. The van der Waals surface area contributed by atoms with E-state index in [2.05, 4.69) is 58.1 Å². The molecular weight excluding hydrogens is 242 g/mol. The maximum Gasteiger partial charge on any atom is -0.00439 e. The second kappa shape index (κ2) is 8.46. The van der Waals surface area contributed by atoms with Gasteiger partial charge in [0.25, 0.3) is 0 Å². The summed E-state index contributed by atoms with van der Waals surface area (Å²) in [4.78, 5) is 0. The van der Waals surface area contributed by atoms with Crippen LogP contribution in [0.25, 0.3) is 0 Å². The number of hydrogen-bond acceptors (Lipinski definition) is 1. The molecule has 0 spiro atoms. The molecule has 1 heteroatoms. The molecule has 0 fully saturated rings. The Morgan fingerprint density at radius 3 is 2.25 bits per heavy atom. The number of aryl methyl sites for hydroxylation is 3. The Morgan fingerprint density at radius 1 is 0.950 bits per heavy atom. The molecule has 0 bridgehead atoms. The minimum absolute atomic E-state index is 0.429. The van der Waals surface area contributed by atoms with E-state index in [-0.39, 0.29) is 0 Å². The van der Waals surface area contributed by atoms with E-state index in [1.54, 1.807) is 0 Å². The van der Waals surface area contributed by atoms with Crippen molar-refractivity contribution in [2.24, 2.45) is 5.41 Å². The predicted molar refractivity (Wildman–Crippen MR) is 90.5 cm³/mol. The molecule has 0 radical (unpaired) electrons. The summed E-state index contributed by atoms with van der Waals surface area (Å²) in [7, 11) is 0. The molecule has 0 aliphatic heterocycles. The van der Waals surface area contributed by atoms with Gasteiger partial charge in [0.1, 0.15) is 0 Å². The number of nitrogens with one attached hydrogen (secondary N) is 1. The normalized spacial score (nSPS) is 11.8. The fraction of sp³-hybridized carbons (Fsp3) is 0.684. The van der Waals surface area contributed by atoms with Crippen LogP contribution >= 0.6 is 0 Å². The average molecular weight is 275 g/mol. The molecule has 1 aromatic carbocycles. The van der Waals surface area contributed by atoms with Gasteiger partial charge in [0, 0.05) is 0 Å². The second-order valence-electron chi connectivity index (χ2n) is 6.58. The Labute approximate surface area is 126 Å². The minimum Gasteiger partial charge on any atom is -0.317 e. The molecule has 1 N–H and O–H groups in total. The van der Waals surface area contributed by atoms with Gasteiger partial charge in [-0.05, 0) is 67.3 Å². The molecule has 0 atom stereocenters. The van der Waals surface area contributed by atoms with E-state index in [4.69, 9.17) is 0 Å². The van der Waals surface area contributed by atoms with Gasteiger partial charge in [-0.2, -0.15) is 0 Å². The highest BCUT2D eigenvalue weighted by atomic mass is 14.8. The topological polar surface area (TPSA) is 12.0 Å². The van der Waals surface area contributed by atoms with Crippen molar-refractivity contribution in [1.82, 2.24) is 5.32 Å². The Kier molecular flexibility index (Phi) is 7.29. The van der Waals surface area contributed by atoms with Gasteiger partial charge in [0.2, 0.25) is 0 Å². The van der Waals surface area contributed by atoms with Crippen LogP contribution in [0.3, 0.4) is 0 Å². The average Bonchev–Trinajstić information content (AvgIpc) is 2.45. The van der Waals surface area contributed by atoms with E-state index in [9.17, 15) is 0 Å². The molecule has 0 unspecified atom stereocenters. The van der Waals surface area contributed by atoms with Crippen LogP contribution in [-0.4, -0.2) is 13.1 Å². The third-order valence-electron chi connectivity index (χ3n) is 4.35. The van der Waals surface area contributed by atoms with Crippen molar-refractivity contribution in [3.05, 3.63) is 34.9 Å². The lowest BCUT2D eigenvalue weighted by molar-refractivity contribution is 0.303. The molecule has 20 heavy (non-hydrogen) atoms. The SMILES string of the molecule is CCNCCC(C)(C)CCc1ccc(CC)c(CC)c1. The predicted octanol–water partition coefficient (Wildman–Crippen LogP) is 4.77. The first-order chi connectivity index (χ1) is 9.52. The first-order valence-corrected chi connectivity index (χ1v) is 8.33. The summed E-state index contributed by atoms with van der Waals surface area (Å²) in [6, 6.07) is 7.09. The van der Waals surface area contributed by atoms with E-state index in [1.807, 2.05) is 0 Å². The van der Waals surface area contributed by atoms with E-state index < -0.39 is 0 Å². The van der Waals surface area contributed by atoms with Crippen LogP contribution in [0.2, 0.25) is 0 Å². The maximum absolute atomic E-state index is 3.44. The van der Waals surface area contributed by atoms with Gasteiger partial charge < -0.3 is 5.32 Å². The van der Waals surface area contributed by atoms with Gasteiger partial charge in [-0.15, -0.1) is 0 Å². The molecule has 0 aliphatic carbocycles. The minimum atomic E-state index is 0.429. The zero-order valence-electron chi connectivity index (χ0n) is 14.2. The lowest BCUT2D eigenvalue weighted by Crippen LogP contribution is -2.22. The molecule has 1 rings (SSSR count). The fourth-order valence-electron chi connectivity index (χ4n) is 2.72. The summed E-state index contributed by atoms with van der Waals surface area (Å²) in [6.07, 6.45) is 6.04. The van der Waals surface area contributed by atoms with Crippen molar-refractivity contribution >= 4 is 0 Å². The lowest BCUT2D eigenvalue weighted by Gasteiger charge is -2.25. The van der Waals surface area contributed by atoms with Gasteiger partial charge in [-0.1, -0.05) is 52.8 Å². The Hall–Kier alpha value is -0.820. The third-order valence-corrected chi connectivity index (χ3v) is 4.35. The molecule has 0 aliphatic rings. The summed E-state index contributed by atoms with van der Waals surface area (Å²) in [6.45, 7) is 13.7. The first-order valence-electron chi connectivity index (χ1n) is 8.33. The van der Waals surface area contributed by atoms with Crippen molar-refractivity contribution in [2.75, 3.05) is 13.1 Å². The van der Waals surface area contributed by atoms with Gasteiger partial charge in [0.15, 0.2) is 0 Å². The molecule has 0 heterocycles. The quantitative estimate of drug-likeness (QED) is 0.640. The molecule has 0 amide bonds. The van der Waals surface area contributed by atoms with Crippen LogP contribution in [0.5, 0.6) is 0 Å². The summed E-state index contributed by atoms with van der Waals surface area (Å²) in [5.41, 5.74) is 4.99. The summed E-state index contributed by atoms with van der Waals surface area (Å²) < 4.78 is 0. The summed E-state index contributed by atoms with van der Waals surface area (Å²) in [5, 5.41) is 3.44. The van der Waals surface area contributed by atoms with Crippen LogP contribution < -0.4 is 5.32 Å². The third kappa shape index (κ3) is 5.66. The lowest BCUT2D eigenvalue weighted by atomic mass is 9.82. The zero-order chi connectivity index (χ0) is 15.0. The highest BCUT2D eigenvalue weighted by Gasteiger charge is 2.17. The van der Waals surface area contributed by atoms with Gasteiger partial charge in [-0.3, -0.25) is 0 Å². The highest BCUT2D eigenvalue weighted by Crippen LogP contribution is 2.27. The van der Waals surface area contributed by atoms with Crippen LogP contribution in [0.1, 0.15) is 64.2 Å². The number of rotatable bonds is 9. The van der Waals surface area contributed by atoms with E-state index in [0.29, 0.717) is 5.41 Å². The van der Waals surface area contributed by atoms with E-state index >= 15 is 0 Å². The standard InChI is InChI=1S/C19H33N/c1-6-17-10-9-16(15-18(17)7-2)11-12-19(4,5)13-14-20-8-3/h9-10,15,20H,6-8,11-14H2,1-5H3.